The van der Waals surface area contributed by atoms with E-state index in [0.29, 0.717) is 21.8 Å². The van der Waals surface area contributed by atoms with E-state index >= 15 is 0 Å². The quantitative estimate of drug-likeness (QED) is 0.659. The summed E-state index contributed by atoms with van der Waals surface area (Å²) in [6.45, 7) is 3.92. The molecule has 0 heterocycles. The van der Waals surface area contributed by atoms with Crippen molar-refractivity contribution in [2.75, 3.05) is 5.73 Å². The summed E-state index contributed by atoms with van der Waals surface area (Å²) in [6.07, 6.45) is 0. The lowest BCUT2D eigenvalue weighted by Gasteiger charge is -2.09. The second kappa shape index (κ2) is 4.83. The minimum absolute atomic E-state index is 0.0683. The van der Waals surface area contributed by atoms with Crippen molar-refractivity contribution in [2.45, 2.75) is 13.8 Å². The molecular weight excluding hydrogens is 246 g/mol. The van der Waals surface area contributed by atoms with Crippen LogP contribution < -0.4 is 5.73 Å². The summed E-state index contributed by atoms with van der Waals surface area (Å²) < 4.78 is 0. The van der Waals surface area contributed by atoms with E-state index in [4.69, 9.17) is 17.3 Å². The molecule has 2 aromatic carbocycles. The summed E-state index contributed by atoms with van der Waals surface area (Å²) in [4.78, 5) is 12.4. The molecule has 3 heteroatoms. The second-order valence-corrected chi connectivity index (χ2v) is 4.72. The van der Waals surface area contributed by atoms with Gasteiger partial charge in [0.2, 0.25) is 0 Å². The lowest BCUT2D eigenvalue weighted by atomic mass is 9.96. The molecule has 0 aliphatic heterocycles. The largest absolute Gasteiger partial charge is 0.399 e. The molecule has 0 aromatic heterocycles. The first-order chi connectivity index (χ1) is 8.50. The van der Waals surface area contributed by atoms with Gasteiger partial charge in [0.05, 0.1) is 5.02 Å². The zero-order chi connectivity index (χ0) is 13.3. The van der Waals surface area contributed by atoms with Gasteiger partial charge in [-0.1, -0.05) is 29.8 Å². The first-order valence-electron chi connectivity index (χ1n) is 5.66. The van der Waals surface area contributed by atoms with Crippen LogP contribution in [0.5, 0.6) is 0 Å². The summed E-state index contributed by atoms with van der Waals surface area (Å²) >= 11 is 6.07. The zero-order valence-electron chi connectivity index (χ0n) is 10.3. The minimum atomic E-state index is -0.0683. The Labute approximate surface area is 111 Å². The number of ketones is 1. The number of hydrogen-bond acceptors (Lipinski definition) is 2. The molecule has 18 heavy (non-hydrogen) atoms. The van der Waals surface area contributed by atoms with E-state index in [1.807, 2.05) is 32.0 Å². The normalized spacial score (nSPS) is 10.4. The van der Waals surface area contributed by atoms with Gasteiger partial charge in [0.25, 0.3) is 0 Å². The predicted octanol–water partition coefficient (Wildman–Crippen LogP) is 3.77. The first kappa shape index (κ1) is 12.7. The number of rotatable bonds is 2. The van der Waals surface area contributed by atoms with E-state index in [0.717, 1.165) is 11.1 Å². The van der Waals surface area contributed by atoms with E-state index in [9.17, 15) is 4.79 Å². The van der Waals surface area contributed by atoms with Crippen LogP contribution in [-0.2, 0) is 0 Å². The Morgan fingerprint density at radius 3 is 2.50 bits per heavy atom. The van der Waals surface area contributed by atoms with Gasteiger partial charge < -0.3 is 5.73 Å². The fourth-order valence-electron chi connectivity index (χ4n) is 1.86. The van der Waals surface area contributed by atoms with E-state index in [1.54, 1.807) is 18.2 Å². The molecule has 0 atom stereocenters. The lowest BCUT2D eigenvalue weighted by Crippen LogP contribution is -2.05. The molecule has 0 amide bonds. The summed E-state index contributed by atoms with van der Waals surface area (Å²) in [6, 6.07) is 10.6. The fraction of sp³-hybridized carbons (Fsp3) is 0.133. The van der Waals surface area contributed by atoms with Crippen LogP contribution in [0, 0.1) is 13.8 Å². The highest BCUT2D eigenvalue weighted by Crippen LogP contribution is 2.24. The minimum Gasteiger partial charge on any atom is -0.399 e. The van der Waals surface area contributed by atoms with Gasteiger partial charge in [0.15, 0.2) is 5.78 Å². The molecule has 2 N–H and O–H groups in total. The van der Waals surface area contributed by atoms with Gasteiger partial charge >= 0.3 is 0 Å². The van der Waals surface area contributed by atoms with Crippen LogP contribution in [-0.4, -0.2) is 5.78 Å². The van der Waals surface area contributed by atoms with Crippen LogP contribution >= 0.6 is 11.6 Å². The molecule has 0 spiro atoms. The highest BCUT2D eigenvalue weighted by Gasteiger charge is 2.15. The average molecular weight is 260 g/mol. The third-order valence-electron chi connectivity index (χ3n) is 3.09. The maximum atomic E-state index is 12.4. The predicted molar refractivity (Wildman–Crippen MR) is 75.2 cm³/mol. The van der Waals surface area contributed by atoms with E-state index in [-0.39, 0.29) is 5.78 Å². The molecule has 2 nitrogen and oxygen atoms in total. The lowest BCUT2D eigenvalue weighted by molar-refractivity contribution is 0.103. The number of halogens is 1. The molecule has 0 aliphatic carbocycles. The molecular formula is C15H14ClNO. The Kier molecular flexibility index (Phi) is 3.39. The van der Waals surface area contributed by atoms with E-state index < -0.39 is 0 Å². The molecule has 0 bridgehead atoms. The Bertz CT molecular complexity index is 620. The van der Waals surface area contributed by atoms with Crippen LogP contribution in [0.25, 0.3) is 0 Å². The zero-order valence-corrected chi connectivity index (χ0v) is 11.1. The number of benzene rings is 2. The van der Waals surface area contributed by atoms with E-state index in [2.05, 4.69) is 0 Å². The first-order valence-corrected chi connectivity index (χ1v) is 6.04. The standard InChI is InChI=1S/C15H14ClNO/c1-9-4-3-5-12(10(9)2)15(18)13-7-6-11(17)8-14(13)16/h3-8H,17H2,1-2H3. The molecule has 0 saturated heterocycles. The third-order valence-corrected chi connectivity index (χ3v) is 3.40. The van der Waals surface area contributed by atoms with Gasteiger partial charge in [-0.3, -0.25) is 4.79 Å². The van der Waals surface area contributed by atoms with Crippen molar-refractivity contribution in [1.29, 1.82) is 0 Å². The van der Waals surface area contributed by atoms with Crippen molar-refractivity contribution >= 4 is 23.1 Å². The van der Waals surface area contributed by atoms with Gasteiger partial charge in [-0.25, -0.2) is 0 Å². The SMILES string of the molecule is Cc1cccc(C(=O)c2ccc(N)cc2Cl)c1C. The van der Waals surface area contributed by atoms with Crippen molar-refractivity contribution in [3.05, 3.63) is 63.7 Å². The van der Waals surface area contributed by atoms with Crippen LogP contribution in [0.15, 0.2) is 36.4 Å². The van der Waals surface area contributed by atoms with Crippen LogP contribution in [0.3, 0.4) is 0 Å². The van der Waals surface area contributed by atoms with Gasteiger partial charge in [0, 0.05) is 16.8 Å². The van der Waals surface area contributed by atoms with Crippen LogP contribution in [0.2, 0.25) is 5.02 Å². The van der Waals surface area contributed by atoms with Crippen molar-refractivity contribution in [3.8, 4) is 0 Å². The number of carbonyl (C=O) groups is 1. The van der Waals surface area contributed by atoms with Gasteiger partial charge in [-0.15, -0.1) is 0 Å². The number of nitrogen functional groups attached to an aromatic ring is 1. The number of carbonyl (C=O) groups excluding carboxylic acids is 1. The highest BCUT2D eigenvalue weighted by molar-refractivity contribution is 6.35. The summed E-state index contributed by atoms with van der Waals surface area (Å²) in [5, 5.41) is 0.390. The van der Waals surface area contributed by atoms with Crippen LogP contribution in [0.4, 0.5) is 5.69 Å². The Hall–Kier alpha value is -1.80. The highest BCUT2D eigenvalue weighted by atomic mass is 35.5. The molecule has 0 unspecified atom stereocenters. The topological polar surface area (TPSA) is 43.1 Å². The van der Waals surface area contributed by atoms with Crippen LogP contribution in [0.1, 0.15) is 27.0 Å². The average Bonchev–Trinajstić information content (AvgIpc) is 2.32. The number of hydrogen-bond donors (Lipinski definition) is 1. The van der Waals surface area contributed by atoms with Gasteiger partial charge in [0.1, 0.15) is 0 Å². The molecule has 92 valence electrons. The molecule has 2 aromatic rings. The molecule has 0 aliphatic rings. The molecule has 0 saturated carbocycles. The van der Waals surface area contributed by atoms with E-state index in [1.165, 1.54) is 0 Å². The Morgan fingerprint density at radius 2 is 1.83 bits per heavy atom. The summed E-state index contributed by atoms with van der Waals surface area (Å²) in [5.41, 5.74) is 9.42. The number of anilines is 1. The smallest absolute Gasteiger partial charge is 0.194 e. The fourth-order valence-corrected chi connectivity index (χ4v) is 2.13. The number of nitrogens with two attached hydrogens (primary N) is 1. The molecule has 2 rings (SSSR count). The van der Waals surface area contributed by atoms with Crippen molar-refractivity contribution < 1.29 is 4.79 Å². The van der Waals surface area contributed by atoms with Crippen molar-refractivity contribution in [3.63, 3.8) is 0 Å². The maximum Gasteiger partial charge on any atom is 0.194 e. The molecule has 0 radical (unpaired) electrons. The summed E-state index contributed by atoms with van der Waals surface area (Å²) in [7, 11) is 0. The number of aryl methyl sites for hydroxylation is 1. The Morgan fingerprint density at radius 1 is 1.11 bits per heavy atom. The van der Waals surface area contributed by atoms with Crippen molar-refractivity contribution in [1.82, 2.24) is 0 Å². The Balaban J connectivity index is 2.51. The van der Waals surface area contributed by atoms with Gasteiger partial charge in [-0.05, 0) is 43.2 Å². The monoisotopic (exact) mass is 259 g/mol. The maximum absolute atomic E-state index is 12.4. The second-order valence-electron chi connectivity index (χ2n) is 4.32. The molecule has 0 fully saturated rings. The van der Waals surface area contributed by atoms with Gasteiger partial charge in [-0.2, -0.15) is 0 Å². The third kappa shape index (κ3) is 2.24. The summed E-state index contributed by atoms with van der Waals surface area (Å²) in [5.74, 6) is -0.0683. The van der Waals surface area contributed by atoms with Crippen molar-refractivity contribution in [2.24, 2.45) is 0 Å².